The lowest BCUT2D eigenvalue weighted by Crippen LogP contribution is -2.09. The van der Waals surface area contributed by atoms with E-state index in [4.69, 9.17) is 9.47 Å². The van der Waals surface area contributed by atoms with Gasteiger partial charge in [-0.3, -0.25) is 14.9 Å². The molecule has 0 saturated carbocycles. The molecule has 0 amide bonds. The summed E-state index contributed by atoms with van der Waals surface area (Å²) in [6.45, 7) is 1.93. The van der Waals surface area contributed by atoms with E-state index in [9.17, 15) is 14.9 Å². The van der Waals surface area contributed by atoms with E-state index in [0.717, 1.165) is 0 Å². The predicted molar refractivity (Wildman–Crippen MR) is 60.0 cm³/mol. The van der Waals surface area contributed by atoms with Gasteiger partial charge in [0.25, 0.3) is 0 Å². The van der Waals surface area contributed by atoms with E-state index >= 15 is 0 Å². The number of ether oxygens (including phenoxy) is 2. The Morgan fingerprint density at radius 3 is 2.71 bits per heavy atom. The van der Waals surface area contributed by atoms with Crippen molar-refractivity contribution in [1.82, 2.24) is 0 Å². The molecule has 17 heavy (non-hydrogen) atoms. The molecule has 0 aliphatic carbocycles. The predicted octanol–water partition coefficient (Wildman–Crippen LogP) is 1.71. The second-order valence-electron chi connectivity index (χ2n) is 3.21. The van der Waals surface area contributed by atoms with Gasteiger partial charge in [0.2, 0.25) is 0 Å². The van der Waals surface area contributed by atoms with Crippen LogP contribution in [0.15, 0.2) is 18.2 Å². The third kappa shape index (κ3) is 3.17. The lowest BCUT2D eigenvalue weighted by atomic mass is 10.1. The number of para-hydroxylation sites is 1. The number of nitrogens with zero attached hydrogens (tertiary/aromatic N) is 1. The Morgan fingerprint density at radius 1 is 1.47 bits per heavy atom. The molecule has 0 atom stereocenters. The third-order valence-electron chi connectivity index (χ3n) is 2.13. The Labute approximate surface area is 98.3 Å². The summed E-state index contributed by atoms with van der Waals surface area (Å²) >= 11 is 0. The molecule has 0 fully saturated rings. The summed E-state index contributed by atoms with van der Waals surface area (Å²) in [6, 6.07) is 4.59. The maximum absolute atomic E-state index is 11.3. The number of carbonyl (C=O) groups excluding carboxylic acids is 1. The molecule has 0 aromatic heterocycles. The van der Waals surface area contributed by atoms with Gasteiger partial charge in [0.05, 0.1) is 25.1 Å². The first-order chi connectivity index (χ1) is 8.10. The van der Waals surface area contributed by atoms with Gasteiger partial charge in [-0.15, -0.1) is 0 Å². The van der Waals surface area contributed by atoms with Gasteiger partial charge >= 0.3 is 11.7 Å². The van der Waals surface area contributed by atoms with Crippen molar-refractivity contribution in [2.75, 3.05) is 13.7 Å². The molecule has 0 aliphatic rings. The fourth-order valence-electron chi connectivity index (χ4n) is 1.45. The zero-order chi connectivity index (χ0) is 12.8. The van der Waals surface area contributed by atoms with Crippen LogP contribution in [0.1, 0.15) is 12.5 Å². The van der Waals surface area contributed by atoms with Gasteiger partial charge in [-0.25, -0.2) is 0 Å². The molecule has 0 unspecified atom stereocenters. The lowest BCUT2D eigenvalue weighted by Gasteiger charge is -2.06. The van der Waals surface area contributed by atoms with Gasteiger partial charge in [-0.2, -0.15) is 0 Å². The van der Waals surface area contributed by atoms with Crippen LogP contribution in [-0.2, 0) is 16.0 Å². The summed E-state index contributed by atoms with van der Waals surface area (Å²) in [5.74, 6) is -0.361. The number of carbonyl (C=O) groups is 1. The van der Waals surface area contributed by atoms with Crippen LogP contribution in [0, 0.1) is 10.1 Å². The van der Waals surface area contributed by atoms with E-state index in [-0.39, 0.29) is 30.0 Å². The Hall–Kier alpha value is -2.11. The van der Waals surface area contributed by atoms with Crippen molar-refractivity contribution in [1.29, 1.82) is 0 Å². The standard InChI is InChI=1S/C11H13NO5/c1-3-17-10(13)7-8-5-4-6-9(16-2)11(8)12(14)15/h4-6H,3,7H2,1-2H3. The summed E-state index contributed by atoms with van der Waals surface area (Å²) in [5, 5.41) is 10.9. The highest BCUT2D eigenvalue weighted by molar-refractivity contribution is 5.75. The van der Waals surface area contributed by atoms with Crippen molar-refractivity contribution >= 4 is 11.7 Å². The minimum Gasteiger partial charge on any atom is -0.490 e. The van der Waals surface area contributed by atoms with E-state index in [2.05, 4.69) is 0 Å². The Bertz CT molecular complexity index is 430. The first-order valence-corrected chi connectivity index (χ1v) is 5.06. The first-order valence-electron chi connectivity index (χ1n) is 5.06. The molecule has 0 saturated heterocycles. The van der Waals surface area contributed by atoms with E-state index in [1.165, 1.54) is 19.2 Å². The van der Waals surface area contributed by atoms with E-state index in [1.54, 1.807) is 13.0 Å². The second kappa shape index (κ2) is 5.83. The summed E-state index contributed by atoms with van der Waals surface area (Å²) in [6.07, 6.45) is -0.138. The highest BCUT2D eigenvalue weighted by atomic mass is 16.6. The van der Waals surface area contributed by atoms with E-state index < -0.39 is 10.9 Å². The van der Waals surface area contributed by atoms with Crippen LogP contribution in [0.3, 0.4) is 0 Å². The summed E-state index contributed by atoms with van der Waals surface area (Å²) in [5.41, 5.74) is 0.0934. The molecular weight excluding hydrogens is 226 g/mol. The number of rotatable bonds is 5. The highest BCUT2D eigenvalue weighted by Crippen LogP contribution is 2.30. The Balaban J connectivity index is 3.06. The number of esters is 1. The quantitative estimate of drug-likeness (QED) is 0.444. The molecule has 0 aliphatic heterocycles. The fourth-order valence-corrected chi connectivity index (χ4v) is 1.45. The molecule has 0 spiro atoms. The van der Waals surface area contributed by atoms with Gasteiger partial charge in [-0.05, 0) is 13.0 Å². The van der Waals surface area contributed by atoms with Crippen LogP contribution in [0.5, 0.6) is 5.75 Å². The molecule has 6 nitrogen and oxygen atoms in total. The van der Waals surface area contributed by atoms with Gasteiger partial charge in [0, 0.05) is 5.56 Å². The third-order valence-corrected chi connectivity index (χ3v) is 2.13. The smallest absolute Gasteiger partial charge is 0.314 e. The number of nitro groups is 1. The molecule has 1 aromatic carbocycles. The minimum absolute atomic E-state index is 0.136. The maximum atomic E-state index is 11.3. The van der Waals surface area contributed by atoms with E-state index in [1.807, 2.05) is 0 Å². The average Bonchev–Trinajstić information content (AvgIpc) is 2.28. The molecule has 0 bridgehead atoms. The number of hydrogen-bond acceptors (Lipinski definition) is 5. The van der Waals surface area contributed by atoms with Crippen LogP contribution < -0.4 is 4.74 Å². The average molecular weight is 239 g/mol. The van der Waals surface area contributed by atoms with Crippen LogP contribution in [0.2, 0.25) is 0 Å². The first kappa shape index (κ1) is 13.0. The number of methoxy groups -OCH3 is 1. The van der Waals surface area contributed by atoms with Crippen molar-refractivity contribution in [3.8, 4) is 5.75 Å². The van der Waals surface area contributed by atoms with E-state index in [0.29, 0.717) is 0 Å². The molecule has 0 N–H and O–H groups in total. The molecule has 0 heterocycles. The molecular formula is C11H13NO5. The molecule has 6 heteroatoms. The Kier molecular flexibility index (Phi) is 4.45. The highest BCUT2D eigenvalue weighted by Gasteiger charge is 2.22. The van der Waals surface area contributed by atoms with Crippen LogP contribution >= 0.6 is 0 Å². The molecule has 0 radical (unpaired) electrons. The van der Waals surface area contributed by atoms with Gasteiger partial charge in [0.15, 0.2) is 5.75 Å². The van der Waals surface area contributed by atoms with Gasteiger partial charge < -0.3 is 9.47 Å². The fraction of sp³-hybridized carbons (Fsp3) is 0.364. The lowest BCUT2D eigenvalue weighted by molar-refractivity contribution is -0.386. The largest absolute Gasteiger partial charge is 0.490 e. The minimum atomic E-state index is -0.562. The van der Waals surface area contributed by atoms with Crippen LogP contribution in [0.25, 0.3) is 0 Å². The summed E-state index contributed by atoms with van der Waals surface area (Å²) in [7, 11) is 1.34. The van der Waals surface area contributed by atoms with Crippen LogP contribution in [-0.4, -0.2) is 24.6 Å². The molecule has 1 rings (SSSR count). The number of benzene rings is 1. The van der Waals surface area contributed by atoms with Gasteiger partial charge in [-0.1, -0.05) is 12.1 Å². The second-order valence-corrected chi connectivity index (χ2v) is 3.21. The van der Waals surface area contributed by atoms with Crippen molar-refractivity contribution in [3.05, 3.63) is 33.9 Å². The SMILES string of the molecule is CCOC(=O)Cc1cccc(OC)c1[N+](=O)[O-]. The Morgan fingerprint density at radius 2 is 2.18 bits per heavy atom. The topological polar surface area (TPSA) is 78.7 Å². The number of hydrogen-bond donors (Lipinski definition) is 0. The summed E-state index contributed by atoms with van der Waals surface area (Å²) in [4.78, 5) is 21.7. The van der Waals surface area contributed by atoms with Crippen molar-refractivity contribution in [2.24, 2.45) is 0 Å². The monoisotopic (exact) mass is 239 g/mol. The normalized spacial score (nSPS) is 9.76. The zero-order valence-electron chi connectivity index (χ0n) is 9.63. The van der Waals surface area contributed by atoms with Crippen LogP contribution in [0.4, 0.5) is 5.69 Å². The zero-order valence-corrected chi connectivity index (χ0v) is 9.63. The van der Waals surface area contributed by atoms with Gasteiger partial charge in [0.1, 0.15) is 0 Å². The van der Waals surface area contributed by atoms with Crippen molar-refractivity contribution in [2.45, 2.75) is 13.3 Å². The maximum Gasteiger partial charge on any atom is 0.314 e. The van der Waals surface area contributed by atoms with Crippen molar-refractivity contribution in [3.63, 3.8) is 0 Å². The van der Waals surface area contributed by atoms with Crippen molar-refractivity contribution < 1.29 is 19.2 Å². The molecule has 1 aromatic rings. The number of nitro benzene ring substituents is 1. The summed E-state index contributed by atoms with van der Waals surface area (Å²) < 4.78 is 9.65. The molecule has 92 valence electrons.